The number of furan rings is 1. The van der Waals surface area contributed by atoms with Gasteiger partial charge in [0.15, 0.2) is 5.75 Å². The van der Waals surface area contributed by atoms with Crippen LogP contribution in [-0.4, -0.2) is 15.7 Å². The standard InChI is InChI=1S/C18H18N2O4/c1-9-7-6-8-13-14(9)15(11(3)23-13)16-17(24-12(4)21)10(2)19-20(5)18(16)22/h6-8H,1-5H3. The molecule has 0 amide bonds. The lowest BCUT2D eigenvalue weighted by Crippen LogP contribution is -2.24. The Bertz CT molecular complexity index is 1030. The van der Waals surface area contributed by atoms with Crippen molar-refractivity contribution in [1.29, 1.82) is 0 Å². The molecule has 0 bridgehead atoms. The maximum absolute atomic E-state index is 12.8. The fourth-order valence-corrected chi connectivity index (χ4v) is 2.98. The fraction of sp³-hybridized carbons (Fsp3) is 0.278. The number of hydrogen-bond acceptors (Lipinski definition) is 5. The van der Waals surface area contributed by atoms with Gasteiger partial charge in [0.05, 0.1) is 5.56 Å². The summed E-state index contributed by atoms with van der Waals surface area (Å²) in [4.78, 5) is 24.3. The lowest BCUT2D eigenvalue weighted by Gasteiger charge is -2.12. The lowest BCUT2D eigenvalue weighted by molar-refractivity contribution is -0.131. The van der Waals surface area contributed by atoms with Crippen LogP contribution in [0.2, 0.25) is 0 Å². The first-order valence-corrected chi connectivity index (χ1v) is 7.56. The zero-order valence-corrected chi connectivity index (χ0v) is 14.3. The summed E-state index contributed by atoms with van der Waals surface area (Å²) in [6.07, 6.45) is 0. The van der Waals surface area contributed by atoms with Crippen molar-refractivity contribution in [2.45, 2.75) is 27.7 Å². The number of benzene rings is 1. The van der Waals surface area contributed by atoms with E-state index in [2.05, 4.69) is 5.10 Å². The van der Waals surface area contributed by atoms with E-state index >= 15 is 0 Å². The molecule has 24 heavy (non-hydrogen) atoms. The summed E-state index contributed by atoms with van der Waals surface area (Å²) in [5.74, 6) is 0.270. The number of aromatic nitrogens is 2. The minimum Gasteiger partial charge on any atom is -0.461 e. The third kappa shape index (κ3) is 2.40. The number of rotatable bonds is 2. The Balaban J connectivity index is 2.49. The molecule has 2 heterocycles. The SMILES string of the molecule is CC(=O)Oc1c(C)nn(C)c(=O)c1-c1c(C)oc2cccc(C)c12. The smallest absolute Gasteiger partial charge is 0.308 e. The van der Waals surface area contributed by atoms with E-state index in [0.29, 0.717) is 28.2 Å². The summed E-state index contributed by atoms with van der Waals surface area (Å²) >= 11 is 0. The molecule has 0 radical (unpaired) electrons. The minimum absolute atomic E-state index is 0.180. The van der Waals surface area contributed by atoms with Crippen molar-refractivity contribution in [2.24, 2.45) is 7.05 Å². The molecule has 0 atom stereocenters. The number of ether oxygens (including phenoxy) is 1. The molecule has 6 heteroatoms. The molecule has 0 N–H and O–H groups in total. The van der Waals surface area contributed by atoms with Gasteiger partial charge in [0, 0.05) is 24.9 Å². The van der Waals surface area contributed by atoms with Crippen LogP contribution in [0.25, 0.3) is 22.1 Å². The largest absolute Gasteiger partial charge is 0.461 e. The predicted octanol–water partition coefficient (Wildman–Crippen LogP) is 3.04. The molecule has 1 aromatic carbocycles. The van der Waals surface area contributed by atoms with Crippen molar-refractivity contribution in [3.8, 4) is 16.9 Å². The Kier molecular flexibility index (Phi) is 3.75. The second-order valence-corrected chi connectivity index (χ2v) is 5.79. The van der Waals surface area contributed by atoms with Gasteiger partial charge in [-0.3, -0.25) is 9.59 Å². The van der Waals surface area contributed by atoms with Crippen LogP contribution in [-0.2, 0) is 11.8 Å². The van der Waals surface area contributed by atoms with Crippen LogP contribution in [0.3, 0.4) is 0 Å². The lowest BCUT2D eigenvalue weighted by atomic mass is 9.99. The third-order valence-electron chi connectivity index (χ3n) is 3.96. The summed E-state index contributed by atoms with van der Waals surface area (Å²) in [6, 6.07) is 5.70. The number of hydrogen-bond donors (Lipinski definition) is 0. The highest BCUT2D eigenvalue weighted by molar-refractivity contribution is 5.99. The van der Waals surface area contributed by atoms with E-state index in [9.17, 15) is 9.59 Å². The van der Waals surface area contributed by atoms with E-state index in [1.807, 2.05) is 25.1 Å². The average molecular weight is 326 g/mol. The monoisotopic (exact) mass is 326 g/mol. The molecule has 0 aliphatic heterocycles. The highest BCUT2D eigenvalue weighted by atomic mass is 16.5. The molecule has 3 aromatic rings. The second-order valence-electron chi connectivity index (χ2n) is 5.79. The first-order chi connectivity index (χ1) is 11.3. The molecule has 2 aromatic heterocycles. The van der Waals surface area contributed by atoms with E-state index in [1.165, 1.54) is 11.6 Å². The van der Waals surface area contributed by atoms with Crippen molar-refractivity contribution in [3.63, 3.8) is 0 Å². The van der Waals surface area contributed by atoms with Gasteiger partial charge < -0.3 is 9.15 Å². The number of nitrogens with zero attached hydrogens (tertiary/aromatic N) is 2. The molecular formula is C18H18N2O4. The zero-order chi connectivity index (χ0) is 17.6. The normalized spacial score (nSPS) is 11.0. The first kappa shape index (κ1) is 16.0. The van der Waals surface area contributed by atoms with Crippen LogP contribution >= 0.6 is 0 Å². The van der Waals surface area contributed by atoms with Crippen LogP contribution in [0.4, 0.5) is 0 Å². The van der Waals surface area contributed by atoms with E-state index in [4.69, 9.17) is 9.15 Å². The molecule has 124 valence electrons. The van der Waals surface area contributed by atoms with Gasteiger partial charge in [-0.15, -0.1) is 0 Å². The number of aryl methyl sites for hydroxylation is 4. The fourth-order valence-electron chi connectivity index (χ4n) is 2.98. The Morgan fingerprint density at radius 3 is 2.58 bits per heavy atom. The van der Waals surface area contributed by atoms with E-state index < -0.39 is 5.97 Å². The van der Waals surface area contributed by atoms with E-state index in [-0.39, 0.29) is 11.3 Å². The quantitative estimate of drug-likeness (QED) is 0.677. The molecule has 0 fully saturated rings. The van der Waals surface area contributed by atoms with Crippen LogP contribution in [0.1, 0.15) is 23.9 Å². The van der Waals surface area contributed by atoms with Gasteiger partial charge in [-0.2, -0.15) is 5.10 Å². The zero-order valence-electron chi connectivity index (χ0n) is 14.3. The second kappa shape index (κ2) is 5.63. The Labute approximate surface area is 138 Å². The highest BCUT2D eigenvalue weighted by Gasteiger charge is 2.25. The van der Waals surface area contributed by atoms with Gasteiger partial charge in [-0.05, 0) is 32.4 Å². The van der Waals surface area contributed by atoms with Gasteiger partial charge in [-0.25, -0.2) is 4.68 Å². The molecule has 3 rings (SSSR count). The Hall–Kier alpha value is -2.89. The number of fused-ring (bicyclic) bond motifs is 1. The predicted molar refractivity (Wildman–Crippen MR) is 90.2 cm³/mol. The molecule has 0 aliphatic carbocycles. The van der Waals surface area contributed by atoms with E-state index in [0.717, 1.165) is 10.9 Å². The number of esters is 1. The van der Waals surface area contributed by atoms with Crippen LogP contribution < -0.4 is 10.3 Å². The third-order valence-corrected chi connectivity index (χ3v) is 3.96. The molecule has 0 saturated heterocycles. The van der Waals surface area contributed by atoms with Crippen LogP contribution in [0, 0.1) is 20.8 Å². The average Bonchev–Trinajstić information content (AvgIpc) is 2.82. The summed E-state index contributed by atoms with van der Waals surface area (Å²) < 4.78 is 12.4. The van der Waals surface area contributed by atoms with Crippen LogP contribution in [0.5, 0.6) is 5.75 Å². The van der Waals surface area contributed by atoms with Gasteiger partial charge >= 0.3 is 5.97 Å². The summed E-state index contributed by atoms with van der Waals surface area (Å²) in [6.45, 7) is 6.74. The van der Waals surface area contributed by atoms with Gasteiger partial charge in [0.2, 0.25) is 0 Å². The summed E-state index contributed by atoms with van der Waals surface area (Å²) in [7, 11) is 1.57. The minimum atomic E-state index is -0.503. The highest BCUT2D eigenvalue weighted by Crippen LogP contribution is 2.39. The van der Waals surface area contributed by atoms with Gasteiger partial charge in [-0.1, -0.05) is 12.1 Å². The summed E-state index contributed by atoms with van der Waals surface area (Å²) in [5, 5.41) is 4.96. The van der Waals surface area contributed by atoms with Crippen molar-refractivity contribution in [1.82, 2.24) is 9.78 Å². The van der Waals surface area contributed by atoms with Crippen molar-refractivity contribution in [3.05, 3.63) is 45.6 Å². The van der Waals surface area contributed by atoms with Crippen molar-refractivity contribution < 1.29 is 13.9 Å². The molecular weight excluding hydrogens is 308 g/mol. The van der Waals surface area contributed by atoms with Gasteiger partial charge in [0.25, 0.3) is 5.56 Å². The maximum Gasteiger partial charge on any atom is 0.308 e. The molecule has 0 aliphatic rings. The van der Waals surface area contributed by atoms with Crippen molar-refractivity contribution >= 4 is 16.9 Å². The molecule has 0 unspecified atom stereocenters. The van der Waals surface area contributed by atoms with Crippen molar-refractivity contribution in [2.75, 3.05) is 0 Å². The van der Waals surface area contributed by atoms with Gasteiger partial charge in [0.1, 0.15) is 17.0 Å². The topological polar surface area (TPSA) is 74.3 Å². The summed E-state index contributed by atoms with van der Waals surface area (Å²) in [5.41, 5.74) is 2.73. The van der Waals surface area contributed by atoms with E-state index in [1.54, 1.807) is 20.9 Å². The number of carbonyl (C=O) groups is 1. The Morgan fingerprint density at radius 1 is 1.21 bits per heavy atom. The first-order valence-electron chi connectivity index (χ1n) is 7.56. The molecule has 0 saturated carbocycles. The molecule has 0 spiro atoms. The molecule has 6 nitrogen and oxygen atoms in total. The number of carbonyl (C=O) groups excluding carboxylic acids is 1. The Morgan fingerprint density at radius 2 is 1.92 bits per heavy atom. The maximum atomic E-state index is 12.8. The van der Waals surface area contributed by atoms with Crippen LogP contribution in [0.15, 0.2) is 27.4 Å².